The molecule has 0 spiro atoms. The van der Waals surface area contributed by atoms with E-state index in [-0.39, 0.29) is 10.3 Å². The summed E-state index contributed by atoms with van der Waals surface area (Å²) in [6.45, 7) is 9.87. The third-order valence-electron chi connectivity index (χ3n) is 3.43. The molecule has 1 N–H and O–H groups in total. The van der Waals surface area contributed by atoms with Gasteiger partial charge < -0.3 is 9.84 Å². The topological polar surface area (TPSA) is 51.0 Å². The van der Waals surface area contributed by atoms with E-state index >= 15 is 0 Å². The molecule has 4 nitrogen and oxygen atoms in total. The van der Waals surface area contributed by atoms with E-state index in [1.54, 1.807) is 0 Å². The molecule has 1 aliphatic heterocycles. The van der Waals surface area contributed by atoms with Crippen LogP contribution in [0.25, 0.3) is 0 Å². The number of hydrogen-bond donors (Lipinski definition) is 1. The summed E-state index contributed by atoms with van der Waals surface area (Å²) in [7, 11) is 0. The normalized spacial score (nSPS) is 24.0. The lowest BCUT2D eigenvalue weighted by molar-refractivity contribution is 0.240. The SMILES string of the molecule is CCCC1(c2nc(CSC(C)(C)C)no2)CCCN1. The standard InChI is InChI=1S/C14H25N3OS/c1-5-7-14(8-6-9-15-14)12-16-11(17-18-12)10-19-13(2,3)4/h15H,5-10H2,1-4H3. The first-order chi connectivity index (χ1) is 8.95. The van der Waals surface area contributed by atoms with E-state index < -0.39 is 0 Å². The molecule has 0 saturated carbocycles. The second-order valence-corrected chi connectivity index (χ2v) is 8.08. The van der Waals surface area contributed by atoms with E-state index in [2.05, 4.69) is 43.2 Å². The van der Waals surface area contributed by atoms with Crippen molar-refractivity contribution in [2.24, 2.45) is 0 Å². The highest BCUT2D eigenvalue weighted by molar-refractivity contribution is 7.99. The Balaban J connectivity index is 2.06. The summed E-state index contributed by atoms with van der Waals surface area (Å²) in [5.74, 6) is 2.42. The highest BCUT2D eigenvalue weighted by atomic mass is 32.2. The maximum atomic E-state index is 5.53. The molecule has 0 radical (unpaired) electrons. The van der Waals surface area contributed by atoms with Crippen molar-refractivity contribution in [1.82, 2.24) is 15.5 Å². The van der Waals surface area contributed by atoms with E-state index in [0.717, 1.165) is 43.3 Å². The predicted octanol–water partition coefficient (Wildman–Crippen LogP) is 3.48. The molecular weight excluding hydrogens is 258 g/mol. The molecule has 1 aliphatic rings. The molecular formula is C14H25N3OS. The minimum absolute atomic E-state index is 0.0631. The van der Waals surface area contributed by atoms with Crippen molar-refractivity contribution in [3.63, 3.8) is 0 Å². The van der Waals surface area contributed by atoms with Crippen LogP contribution < -0.4 is 5.32 Å². The van der Waals surface area contributed by atoms with E-state index in [1.165, 1.54) is 6.42 Å². The Morgan fingerprint density at radius 1 is 1.42 bits per heavy atom. The van der Waals surface area contributed by atoms with Crippen LogP contribution in [0.5, 0.6) is 0 Å². The summed E-state index contributed by atoms with van der Waals surface area (Å²) in [6, 6.07) is 0. The number of nitrogens with zero attached hydrogens (tertiary/aromatic N) is 2. The van der Waals surface area contributed by atoms with Crippen LogP contribution in [-0.2, 0) is 11.3 Å². The Hall–Kier alpha value is -0.550. The van der Waals surface area contributed by atoms with Crippen LogP contribution >= 0.6 is 11.8 Å². The third-order valence-corrected chi connectivity index (χ3v) is 4.70. The Labute approximate surface area is 120 Å². The molecule has 1 fully saturated rings. The van der Waals surface area contributed by atoms with Gasteiger partial charge in [0.15, 0.2) is 5.82 Å². The van der Waals surface area contributed by atoms with Gasteiger partial charge in [-0.05, 0) is 25.8 Å². The second-order valence-electron chi connectivity index (χ2n) is 6.28. The zero-order valence-electron chi connectivity index (χ0n) is 12.5. The van der Waals surface area contributed by atoms with Crippen molar-refractivity contribution in [1.29, 1.82) is 0 Å². The summed E-state index contributed by atoms with van der Waals surface area (Å²) in [5.41, 5.74) is -0.0631. The predicted molar refractivity (Wildman–Crippen MR) is 79.2 cm³/mol. The van der Waals surface area contributed by atoms with Crippen molar-refractivity contribution < 1.29 is 4.52 Å². The first-order valence-corrected chi connectivity index (χ1v) is 8.16. The van der Waals surface area contributed by atoms with Gasteiger partial charge in [-0.15, -0.1) is 11.8 Å². The Morgan fingerprint density at radius 3 is 2.79 bits per heavy atom. The molecule has 2 rings (SSSR count). The highest BCUT2D eigenvalue weighted by Crippen LogP contribution is 2.35. The minimum Gasteiger partial charge on any atom is -0.337 e. The molecule has 1 unspecified atom stereocenters. The molecule has 108 valence electrons. The number of aromatic nitrogens is 2. The quantitative estimate of drug-likeness (QED) is 0.896. The van der Waals surface area contributed by atoms with Gasteiger partial charge in [0.05, 0.1) is 11.3 Å². The lowest BCUT2D eigenvalue weighted by atomic mass is 9.92. The molecule has 0 bridgehead atoms. The average Bonchev–Trinajstić information content (AvgIpc) is 2.94. The summed E-state index contributed by atoms with van der Waals surface area (Å²) in [6.07, 6.45) is 4.49. The van der Waals surface area contributed by atoms with Gasteiger partial charge in [0.2, 0.25) is 5.89 Å². The Morgan fingerprint density at radius 2 is 2.21 bits per heavy atom. The van der Waals surface area contributed by atoms with Crippen LogP contribution in [0.1, 0.15) is 65.1 Å². The Kier molecular flexibility index (Phi) is 4.56. The first-order valence-electron chi connectivity index (χ1n) is 7.17. The molecule has 1 aromatic rings. The lowest BCUT2D eigenvalue weighted by Crippen LogP contribution is -2.37. The molecule has 19 heavy (non-hydrogen) atoms. The Bertz CT molecular complexity index is 405. The minimum atomic E-state index is -0.0631. The van der Waals surface area contributed by atoms with E-state index in [0.29, 0.717) is 0 Å². The summed E-state index contributed by atoms with van der Waals surface area (Å²) in [5, 5.41) is 7.71. The first kappa shape index (κ1) is 14.9. The number of thioether (sulfide) groups is 1. The van der Waals surface area contributed by atoms with Gasteiger partial charge in [-0.25, -0.2) is 0 Å². The van der Waals surface area contributed by atoms with Gasteiger partial charge in [0, 0.05) is 4.75 Å². The van der Waals surface area contributed by atoms with Gasteiger partial charge in [0.1, 0.15) is 0 Å². The smallest absolute Gasteiger partial charge is 0.246 e. The summed E-state index contributed by atoms with van der Waals surface area (Å²) >= 11 is 1.85. The summed E-state index contributed by atoms with van der Waals surface area (Å²) < 4.78 is 5.76. The molecule has 1 aromatic heterocycles. The maximum absolute atomic E-state index is 5.53. The fourth-order valence-corrected chi connectivity index (χ4v) is 3.20. The van der Waals surface area contributed by atoms with Crippen LogP contribution in [-0.4, -0.2) is 21.4 Å². The number of nitrogens with one attached hydrogen (secondary N) is 1. The van der Waals surface area contributed by atoms with Crippen LogP contribution in [0, 0.1) is 0 Å². The molecule has 1 atom stereocenters. The number of rotatable bonds is 5. The molecule has 1 saturated heterocycles. The highest BCUT2D eigenvalue weighted by Gasteiger charge is 2.39. The fourth-order valence-electron chi connectivity index (χ4n) is 2.52. The van der Waals surface area contributed by atoms with Crippen molar-refractivity contribution >= 4 is 11.8 Å². The number of hydrogen-bond acceptors (Lipinski definition) is 5. The van der Waals surface area contributed by atoms with Crippen molar-refractivity contribution in [2.75, 3.05) is 6.54 Å². The zero-order chi connectivity index (χ0) is 13.9. The summed E-state index contributed by atoms with van der Waals surface area (Å²) in [4.78, 5) is 4.62. The monoisotopic (exact) mass is 283 g/mol. The van der Waals surface area contributed by atoms with Gasteiger partial charge in [-0.1, -0.05) is 39.3 Å². The van der Waals surface area contributed by atoms with Crippen LogP contribution in [0.4, 0.5) is 0 Å². The largest absolute Gasteiger partial charge is 0.337 e. The van der Waals surface area contributed by atoms with Crippen LogP contribution in [0.3, 0.4) is 0 Å². The van der Waals surface area contributed by atoms with Gasteiger partial charge >= 0.3 is 0 Å². The van der Waals surface area contributed by atoms with Crippen LogP contribution in [0.15, 0.2) is 4.52 Å². The van der Waals surface area contributed by atoms with Crippen molar-refractivity contribution in [3.8, 4) is 0 Å². The van der Waals surface area contributed by atoms with Crippen LogP contribution in [0.2, 0.25) is 0 Å². The average molecular weight is 283 g/mol. The molecule has 2 heterocycles. The van der Waals surface area contributed by atoms with Gasteiger partial charge in [0.25, 0.3) is 0 Å². The van der Waals surface area contributed by atoms with E-state index in [1.807, 2.05) is 11.8 Å². The molecule has 0 amide bonds. The molecule has 0 aromatic carbocycles. The maximum Gasteiger partial charge on any atom is 0.246 e. The van der Waals surface area contributed by atoms with E-state index in [9.17, 15) is 0 Å². The van der Waals surface area contributed by atoms with Crippen molar-refractivity contribution in [3.05, 3.63) is 11.7 Å². The van der Waals surface area contributed by atoms with Gasteiger partial charge in [-0.3, -0.25) is 0 Å². The fraction of sp³-hybridized carbons (Fsp3) is 0.857. The zero-order valence-corrected chi connectivity index (χ0v) is 13.3. The lowest BCUT2D eigenvalue weighted by Gasteiger charge is -2.24. The molecule has 0 aliphatic carbocycles. The second kappa shape index (κ2) is 5.83. The van der Waals surface area contributed by atoms with Crippen molar-refractivity contribution in [2.45, 2.75) is 69.4 Å². The molecule has 5 heteroatoms. The van der Waals surface area contributed by atoms with Gasteiger partial charge in [-0.2, -0.15) is 4.98 Å². The third kappa shape index (κ3) is 3.72. The van der Waals surface area contributed by atoms with E-state index in [4.69, 9.17) is 4.52 Å².